The number of rotatable bonds is 1. The second-order valence-corrected chi connectivity index (χ2v) is 6.12. The molecule has 0 aromatic heterocycles. The second kappa shape index (κ2) is 4.46. The van der Waals surface area contributed by atoms with Crippen molar-refractivity contribution >= 4 is 6.09 Å². The molecule has 1 fully saturated rings. The first kappa shape index (κ1) is 14.3. The van der Waals surface area contributed by atoms with Gasteiger partial charge in [-0.25, -0.2) is 4.79 Å². The van der Waals surface area contributed by atoms with Crippen LogP contribution < -0.4 is 5.32 Å². The molecule has 0 radical (unpaired) electrons. The Morgan fingerprint density at radius 3 is 2.35 bits per heavy atom. The SMILES string of the molecule is C[C@H]1CNC[C@@H](N(C(=O)O)C(C)(C)C)C1(C)O. The maximum atomic E-state index is 11.4. The molecule has 1 unspecified atom stereocenters. The zero-order chi connectivity index (χ0) is 13.4. The number of nitrogens with one attached hydrogen (secondary N) is 1. The van der Waals surface area contributed by atoms with E-state index in [2.05, 4.69) is 5.32 Å². The van der Waals surface area contributed by atoms with Crippen LogP contribution in [0.15, 0.2) is 0 Å². The molecule has 1 rings (SSSR count). The van der Waals surface area contributed by atoms with Gasteiger partial charge in [0.15, 0.2) is 0 Å². The van der Waals surface area contributed by atoms with Crippen LogP contribution in [0.5, 0.6) is 0 Å². The normalized spacial score (nSPS) is 34.5. The summed E-state index contributed by atoms with van der Waals surface area (Å²) in [7, 11) is 0. The van der Waals surface area contributed by atoms with E-state index in [0.29, 0.717) is 13.1 Å². The number of amides is 1. The van der Waals surface area contributed by atoms with Gasteiger partial charge in [0.25, 0.3) is 0 Å². The van der Waals surface area contributed by atoms with Gasteiger partial charge < -0.3 is 15.5 Å². The van der Waals surface area contributed by atoms with Gasteiger partial charge in [0.1, 0.15) is 0 Å². The third kappa shape index (κ3) is 2.72. The molecular weight excluding hydrogens is 220 g/mol. The van der Waals surface area contributed by atoms with Gasteiger partial charge in [-0.2, -0.15) is 0 Å². The van der Waals surface area contributed by atoms with Crippen molar-refractivity contribution < 1.29 is 15.0 Å². The molecule has 1 amide bonds. The van der Waals surface area contributed by atoms with Crippen LogP contribution in [-0.4, -0.2) is 51.5 Å². The van der Waals surface area contributed by atoms with E-state index in [-0.39, 0.29) is 5.92 Å². The Hall–Kier alpha value is -0.810. The number of hydrogen-bond acceptors (Lipinski definition) is 3. The maximum absolute atomic E-state index is 11.4. The second-order valence-electron chi connectivity index (χ2n) is 6.12. The molecule has 1 aliphatic heterocycles. The van der Waals surface area contributed by atoms with Crippen molar-refractivity contribution in [1.82, 2.24) is 10.2 Å². The molecule has 0 saturated carbocycles. The van der Waals surface area contributed by atoms with Crippen LogP contribution in [0.2, 0.25) is 0 Å². The molecule has 0 aromatic carbocycles. The number of carbonyl (C=O) groups is 1. The molecule has 0 aliphatic carbocycles. The summed E-state index contributed by atoms with van der Waals surface area (Å²) >= 11 is 0. The zero-order valence-corrected chi connectivity index (χ0v) is 11.3. The van der Waals surface area contributed by atoms with Crippen molar-refractivity contribution in [3.05, 3.63) is 0 Å². The van der Waals surface area contributed by atoms with E-state index in [1.165, 1.54) is 4.90 Å². The summed E-state index contributed by atoms with van der Waals surface area (Å²) in [4.78, 5) is 12.8. The molecule has 0 bridgehead atoms. The summed E-state index contributed by atoms with van der Waals surface area (Å²) in [6, 6.07) is -0.427. The molecule has 100 valence electrons. The lowest BCUT2D eigenvalue weighted by molar-refractivity contribution is -0.0973. The largest absolute Gasteiger partial charge is 0.465 e. The van der Waals surface area contributed by atoms with Crippen LogP contribution >= 0.6 is 0 Å². The summed E-state index contributed by atoms with van der Waals surface area (Å²) in [5.41, 5.74) is -1.53. The third-order valence-electron chi connectivity index (χ3n) is 3.70. The van der Waals surface area contributed by atoms with Gasteiger partial charge in [0.2, 0.25) is 0 Å². The van der Waals surface area contributed by atoms with E-state index in [1.54, 1.807) is 6.92 Å². The van der Waals surface area contributed by atoms with E-state index in [0.717, 1.165) is 0 Å². The van der Waals surface area contributed by atoms with Gasteiger partial charge in [-0.1, -0.05) is 6.92 Å². The van der Waals surface area contributed by atoms with Crippen LogP contribution in [0.3, 0.4) is 0 Å². The van der Waals surface area contributed by atoms with Gasteiger partial charge in [-0.15, -0.1) is 0 Å². The molecule has 1 aliphatic rings. The summed E-state index contributed by atoms with van der Waals surface area (Å²) in [5, 5.41) is 23.1. The molecule has 0 spiro atoms. The van der Waals surface area contributed by atoms with Crippen LogP contribution in [-0.2, 0) is 0 Å². The zero-order valence-electron chi connectivity index (χ0n) is 11.3. The Kier molecular flexibility index (Phi) is 3.74. The Morgan fingerprint density at radius 1 is 1.41 bits per heavy atom. The fourth-order valence-electron chi connectivity index (χ4n) is 2.42. The summed E-state index contributed by atoms with van der Waals surface area (Å²) in [6.07, 6.45) is -0.987. The Balaban J connectivity index is 3.06. The average Bonchev–Trinajstić information content (AvgIpc) is 2.10. The topological polar surface area (TPSA) is 72.8 Å². The molecule has 5 heteroatoms. The van der Waals surface area contributed by atoms with E-state index in [9.17, 15) is 15.0 Å². The molecule has 17 heavy (non-hydrogen) atoms. The molecule has 0 aromatic rings. The molecule has 1 heterocycles. The first-order chi connectivity index (χ1) is 7.58. The number of nitrogens with zero attached hydrogens (tertiary/aromatic N) is 1. The molecule has 1 saturated heterocycles. The van der Waals surface area contributed by atoms with E-state index in [1.807, 2.05) is 27.7 Å². The minimum atomic E-state index is -1.00. The van der Waals surface area contributed by atoms with Gasteiger partial charge in [-0.05, 0) is 33.6 Å². The highest BCUT2D eigenvalue weighted by atomic mass is 16.4. The monoisotopic (exact) mass is 244 g/mol. The van der Waals surface area contributed by atoms with Crippen molar-refractivity contribution in [3.8, 4) is 0 Å². The Morgan fingerprint density at radius 2 is 1.94 bits per heavy atom. The lowest BCUT2D eigenvalue weighted by Gasteiger charge is -2.50. The molecular formula is C12H24N2O3. The van der Waals surface area contributed by atoms with Crippen LogP contribution in [0.4, 0.5) is 4.79 Å². The summed E-state index contributed by atoms with van der Waals surface area (Å²) in [5.74, 6) is 0.0189. The fourth-order valence-corrected chi connectivity index (χ4v) is 2.42. The fraction of sp³-hybridized carbons (Fsp3) is 0.917. The summed E-state index contributed by atoms with van der Waals surface area (Å²) < 4.78 is 0. The van der Waals surface area contributed by atoms with Crippen molar-refractivity contribution in [3.63, 3.8) is 0 Å². The van der Waals surface area contributed by atoms with Crippen LogP contribution in [0.25, 0.3) is 0 Å². The lowest BCUT2D eigenvalue weighted by atomic mass is 9.79. The Labute approximate surface area is 103 Å². The van der Waals surface area contributed by atoms with E-state index < -0.39 is 23.3 Å². The quantitative estimate of drug-likeness (QED) is 0.646. The van der Waals surface area contributed by atoms with E-state index >= 15 is 0 Å². The van der Waals surface area contributed by atoms with Gasteiger partial charge in [0.05, 0.1) is 11.6 Å². The number of carboxylic acid groups (broad SMARTS) is 1. The number of piperidine rings is 1. The molecule has 3 atom stereocenters. The number of aliphatic hydroxyl groups is 1. The smallest absolute Gasteiger partial charge is 0.408 e. The van der Waals surface area contributed by atoms with Crippen molar-refractivity contribution in [1.29, 1.82) is 0 Å². The van der Waals surface area contributed by atoms with Crippen LogP contribution in [0, 0.1) is 5.92 Å². The standard InChI is InChI=1S/C12H24N2O3/c1-8-6-13-7-9(12(8,5)17)14(10(15)16)11(2,3)4/h8-9,13,17H,6-7H2,1-5H3,(H,15,16)/t8-,9+,12?/m0/s1. The first-order valence-corrected chi connectivity index (χ1v) is 6.04. The third-order valence-corrected chi connectivity index (χ3v) is 3.70. The van der Waals surface area contributed by atoms with Gasteiger partial charge in [0, 0.05) is 18.6 Å². The van der Waals surface area contributed by atoms with Crippen molar-refractivity contribution in [2.24, 2.45) is 5.92 Å². The minimum Gasteiger partial charge on any atom is -0.465 e. The Bertz CT molecular complexity index is 297. The first-order valence-electron chi connectivity index (χ1n) is 6.04. The van der Waals surface area contributed by atoms with Crippen molar-refractivity contribution in [2.75, 3.05) is 13.1 Å². The van der Waals surface area contributed by atoms with Crippen LogP contribution in [0.1, 0.15) is 34.6 Å². The van der Waals surface area contributed by atoms with E-state index in [4.69, 9.17) is 0 Å². The van der Waals surface area contributed by atoms with Gasteiger partial charge >= 0.3 is 6.09 Å². The highest BCUT2D eigenvalue weighted by Gasteiger charge is 2.47. The molecule has 3 N–H and O–H groups in total. The lowest BCUT2D eigenvalue weighted by Crippen LogP contribution is -2.68. The predicted molar refractivity (Wildman–Crippen MR) is 66.1 cm³/mol. The predicted octanol–water partition coefficient (Wildman–Crippen LogP) is 1.12. The highest BCUT2D eigenvalue weighted by molar-refractivity contribution is 5.66. The van der Waals surface area contributed by atoms with Gasteiger partial charge in [-0.3, -0.25) is 4.90 Å². The number of hydrogen-bond donors (Lipinski definition) is 3. The minimum absolute atomic E-state index is 0.0189. The molecule has 5 nitrogen and oxygen atoms in total. The summed E-state index contributed by atoms with van der Waals surface area (Å²) in [6.45, 7) is 10.4. The highest BCUT2D eigenvalue weighted by Crippen LogP contribution is 2.31. The average molecular weight is 244 g/mol. The maximum Gasteiger partial charge on any atom is 0.408 e. The van der Waals surface area contributed by atoms with Crippen molar-refractivity contribution in [2.45, 2.75) is 51.8 Å².